The van der Waals surface area contributed by atoms with E-state index in [1.807, 2.05) is 6.92 Å². The van der Waals surface area contributed by atoms with Gasteiger partial charge >= 0.3 is 0 Å². The summed E-state index contributed by atoms with van der Waals surface area (Å²) in [4.78, 5) is 0. The van der Waals surface area contributed by atoms with Gasteiger partial charge in [0.05, 0.1) is 0 Å². The van der Waals surface area contributed by atoms with Gasteiger partial charge in [-0.25, -0.2) is 0 Å². The number of hydrogen-bond acceptors (Lipinski definition) is 1. The molecule has 1 atom stereocenters. The monoisotopic (exact) mass is 280 g/mol. The molecule has 0 bridgehead atoms. The highest BCUT2D eigenvalue weighted by molar-refractivity contribution is 9.10. The maximum absolute atomic E-state index is 6.03. The van der Waals surface area contributed by atoms with Crippen LogP contribution in [0.4, 0.5) is 0 Å². The predicted octanol–water partition coefficient (Wildman–Crippen LogP) is 4.00. The average molecular weight is 281 g/mol. The molecule has 16 heavy (non-hydrogen) atoms. The molecule has 0 saturated carbocycles. The van der Waals surface area contributed by atoms with E-state index in [1.54, 1.807) is 0 Å². The SMILES string of the molecule is CC(N)c1cn(C(C)C)c2cccc(Br)c12. The van der Waals surface area contributed by atoms with Gasteiger partial charge in [0.25, 0.3) is 0 Å². The zero-order chi connectivity index (χ0) is 11.9. The molecule has 0 aliphatic rings. The number of halogens is 1. The normalized spacial score (nSPS) is 13.6. The third kappa shape index (κ3) is 1.78. The molecule has 1 aromatic carbocycles. The molecule has 86 valence electrons. The third-order valence-electron chi connectivity index (χ3n) is 2.88. The molecular formula is C13H17BrN2. The van der Waals surface area contributed by atoms with Gasteiger partial charge in [-0.15, -0.1) is 0 Å². The molecule has 0 aliphatic carbocycles. The van der Waals surface area contributed by atoms with Gasteiger partial charge in [-0.2, -0.15) is 0 Å². The average Bonchev–Trinajstić information content (AvgIpc) is 2.58. The quantitative estimate of drug-likeness (QED) is 0.886. The summed E-state index contributed by atoms with van der Waals surface area (Å²) < 4.78 is 3.40. The Morgan fingerprint density at radius 3 is 2.50 bits per heavy atom. The maximum Gasteiger partial charge on any atom is 0.0497 e. The highest BCUT2D eigenvalue weighted by atomic mass is 79.9. The first-order valence-electron chi connectivity index (χ1n) is 5.57. The number of hydrogen-bond donors (Lipinski definition) is 1. The Morgan fingerprint density at radius 2 is 1.94 bits per heavy atom. The molecule has 0 spiro atoms. The predicted molar refractivity (Wildman–Crippen MR) is 72.6 cm³/mol. The second kappa shape index (κ2) is 4.22. The minimum atomic E-state index is 0.0567. The summed E-state index contributed by atoms with van der Waals surface area (Å²) in [6.07, 6.45) is 2.17. The van der Waals surface area contributed by atoms with Gasteiger partial charge in [-0.1, -0.05) is 22.0 Å². The lowest BCUT2D eigenvalue weighted by atomic mass is 10.1. The van der Waals surface area contributed by atoms with E-state index in [9.17, 15) is 0 Å². The number of rotatable bonds is 2. The summed E-state index contributed by atoms with van der Waals surface area (Å²) >= 11 is 3.61. The van der Waals surface area contributed by atoms with Crippen LogP contribution in [0.1, 0.15) is 38.4 Å². The molecule has 0 aliphatic heterocycles. The fourth-order valence-corrected chi connectivity index (χ4v) is 2.65. The van der Waals surface area contributed by atoms with Crippen LogP contribution in [0.3, 0.4) is 0 Å². The number of aromatic nitrogens is 1. The molecular weight excluding hydrogens is 264 g/mol. The van der Waals surface area contributed by atoms with Crippen LogP contribution in [-0.2, 0) is 0 Å². The molecule has 2 rings (SSSR count). The van der Waals surface area contributed by atoms with Crippen molar-refractivity contribution >= 4 is 26.8 Å². The molecule has 0 amide bonds. The van der Waals surface area contributed by atoms with Crippen molar-refractivity contribution in [3.63, 3.8) is 0 Å². The smallest absolute Gasteiger partial charge is 0.0497 e. The molecule has 3 heteroatoms. The van der Waals surface area contributed by atoms with Crippen molar-refractivity contribution in [3.05, 3.63) is 34.4 Å². The minimum Gasteiger partial charge on any atom is -0.345 e. The van der Waals surface area contributed by atoms with Crippen molar-refractivity contribution in [1.82, 2.24) is 4.57 Å². The van der Waals surface area contributed by atoms with E-state index in [4.69, 9.17) is 5.73 Å². The maximum atomic E-state index is 6.03. The van der Waals surface area contributed by atoms with Crippen molar-refractivity contribution < 1.29 is 0 Å². The molecule has 1 aromatic heterocycles. The third-order valence-corrected chi connectivity index (χ3v) is 3.54. The van der Waals surface area contributed by atoms with E-state index in [0.717, 1.165) is 4.47 Å². The van der Waals surface area contributed by atoms with Crippen LogP contribution in [0, 0.1) is 0 Å². The van der Waals surface area contributed by atoms with Gasteiger partial charge in [0.15, 0.2) is 0 Å². The van der Waals surface area contributed by atoms with Crippen LogP contribution < -0.4 is 5.73 Å². The first-order chi connectivity index (χ1) is 7.52. The summed E-state index contributed by atoms with van der Waals surface area (Å²) in [5.74, 6) is 0. The van der Waals surface area contributed by atoms with E-state index in [1.165, 1.54) is 16.5 Å². The Hall–Kier alpha value is -0.800. The Morgan fingerprint density at radius 1 is 1.25 bits per heavy atom. The zero-order valence-corrected chi connectivity index (χ0v) is 11.5. The van der Waals surface area contributed by atoms with E-state index in [2.05, 4.69) is 58.7 Å². The van der Waals surface area contributed by atoms with Crippen molar-refractivity contribution in [1.29, 1.82) is 0 Å². The van der Waals surface area contributed by atoms with E-state index in [0.29, 0.717) is 6.04 Å². The number of benzene rings is 1. The molecule has 2 N–H and O–H groups in total. The Kier molecular flexibility index (Phi) is 3.08. The van der Waals surface area contributed by atoms with Crippen LogP contribution in [-0.4, -0.2) is 4.57 Å². The topological polar surface area (TPSA) is 30.9 Å². The van der Waals surface area contributed by atoms with Crippen molar-refractivity contribution in [2.75, 3.05) is 0 Å². The summed E-state index contributed by atoms with van der Waals surface area (Å²) in [5.41, 5.74) is 8.48. The van der Waals surface area contributed by atoms with Crippen LogP contribution in [0.5, 0.6) is 0 Å². The Labute approximate surface area is 105 Å². The fraction of sp³-hybridized carbons (Fsp3) is 0.385. The first kappa shape index (κ1) is 11.7. The van der Waals surface area contributed by atoms with Crippen LogP contribution >= 0.6 is 15.9 Å². The van der Waals surface area contributed by atoms with Crippen LogP contribution in [0.25, 0.3) is 10.9 Å². The van der Waals surface area contributed by atoms with Gasteiger partial charge in [0.1, 0.15) is 0 Å². The highest BCUT2D eigenvalue weighted by Crippen LogP contribution is 2.33. The molecule has 0 radical (unpaired) electrons. The van der Waals surface area contributed by atoms with Crippen molar-refractivity contribution in [3.8, 4) is 0 Å². The van der Waals surface area contributed by atoms with E-state index >= 15 is 0 Å². The van der Waals surface area contributed by atoms with Crippen LogP contribution in [0.15, 0.2) is 28.9 Å². The van der Waals surface area contributed by atoms with Gasteiger partial charge in [0.2, 0.25) is 0 Å². The fourth-order valence-electron chi connectivity index (χ4n) is 2.07. The Balaban J connectivity index is 2.82. The molecule has 2 nitrogen and oxygen atoms in total. The number of nitrogens with two attached hydrogens (primary N) is 1. The second-order valence-electron chi connectivity index (χ2n) is 4.51. The van der Waals surface area contributed by atoms with Crippen molar-refractivity contribution in [2.24, 2.45) is 5.73 Å². The van der Waals surface area contributed by atoms with Gasteiger partial charge in [-0.3, -0.25) is 0 Å². The second-order valence-corrected chi connectivity index (χ2v) is 5.36. The standard InChI is InChI=1S/C13H17BrN2/c1-8(2)16-7-10(9(3)15)13-11(14)5-4-6-12(13)16/h4-9H,15H2,1-3H3. The van der Waals surface area contributed by atoms with Crippen LogP contribution in [0.2, 0.25) is 0 Å². The largest absolute Gasteiger partial charge is 0.345 e. The Bertz CT molecular complexity index is 512. The summed E-state index contributed by atoms with van der Waals surface area (Å²) in [6.45, 7) is 6.40. The molecule has 2 aromatic rings. The lowest BCUT2D eigenvalue weighted by molar-refractivity contribution is 0.618. The molecule has 0 fully saturated rings. The van der Waals surface area contributed by atoms with Gasteiger partial charge in [-0.05, 0) is 38.5 Å². The molecule has 1 unspecified atom stereocenters. The van der Waals surface area contributed by atoms with Gasteiger partial charge < -0.3 is 10.3 Å². The summed E-state index contributed by atoms with van der Waals surface area (Å²) in [6, 6.07) is 6.78. The highest BCUT2D eigenvalue weighted by Gasteiger charge is 2.14. The van der Waals surface area contributed by atoms with E-state index in [-0.39, 0.29) is 6.04 Å². The summed E-state index contributed by atoms with van der Waals surface area (Å²) in [7, 11) is 0. The number of nitrogens with zero attached hydrogens (tertiary/aromatic N) is 1. The van der Waals surface area contributed by atoms with Crippen molar-refractivity contribution in [2.45, 2.75) is 32.9 Å². The number of fused-ring (bicyclic) bond motifs is 1. The lowest BCUT2D eigenvalue weighted by Gasteiger charge is -2.08. The van der Waals surface area contributed by atoms with E-state index < -0.39 is 0 Å². The summed E-state index contributed by atoms with van der Waals surface area (Å²) in [5, 5.41) is 1.24. The zero-order valence-electron chi connectivity index (χ0n) is 9.87. The van der Waals surface area contributed by atoms with Gasteiger partial charge in [0, 0.05) is 33.7 Å². The molecule has 0 saturated heterocycles. The molecule has 1 heterocycles. The first-order valence-corrected chi connectivity index (χ1v) is 6.36. The lowest BCUT2D eigenvalue weighted by Crippen LogP contribution is -2.04. The minimum absolute atomic E-state index is 0.0567.